The summed E-state index contributed by atoms with van der Waals surface area (Å²) in [6, 6.07) is 3.54. The van der Waals surface area contributed by atoms with Crippen LogP contribution in [0.2, 0.25) is 0 Å². The van der Waals surface area contributed by atoms with Crippen LogP contribution in [-0.4, -0.2) is 35.9 Å². The normalized spacial score (nSPS) is 9.93. The second kappa shape index (κ2) is 4.72. The molecule has 2 N–H and O–H groups in total. The van der Waals surface area contributed by atoms with Gasteiger partial charge in [-0.05, 0) is 19.1 Å². The molecule has 0 saturated carbocycles. The highest BCUT2D eigenvalue weighted by atomic mass is 16.2. The molecule has 0 unspecified atom stereocenters. The fourth-order valence-electron chi connectivity index (χ4n) is 1.21. The van der Waals surface area contributed by atoms with Gasteiger partial charge < -0.3 is 10.6 Å². The number of pyridine rings is 1. The van der Waals surface area contributed by atoms with Crippen molar-refractivity contribution in [3.8, 4) is 0 Å². The first-order chi connectivity index (χ1) is 6.66. The average Bonchev–Trinajstić information content (AvgIpc) is 2.18. The third kappa shape index (κ3) is 2.29. The molecule has 4 heteroatoms. The Labute approximate surface area is 83.7 Å². The maximum Gasteiger partial charge on any atom is 0.255 e. The summed E-state index contributed by atoms with van der Waals surface area (Å²) < 4.78 is 0. The second-order valence-electron chi connectivity index (χ2n) is 3.15. The predicted octanol–water partition coefficient (Wildman–Crippen LogP) is 0.421. The lowest BCUT2D eigenvalue weighted by Crippen LogP contribution is -2.32. The van der Waals surface area contributed by atoms with Crippen molar-refractivity contribution in [2.24, 2.45) is 5.73 Å². The molecular formula is C10H15N3O. The van der Waals surface area contributed by atoms with Crippen LogP contribution in [0.25, 0.3) is 0 Å². The van der Waals surface area contributed by atoms with Crippen LogP contribution in [0, 0.1) is 6.92 Å². The van der Waals surface area contributed by atoms with E-state index in [1.807, 2.05) is 6.92 Å². The van der Waals surface area contributed by atoms with Gasteiger partial charge in [0.25, 0.3) is 5.91 Å². The summed E-state index contributed by atoms with van der Waals surface area (Å²) in [6.45, 7) is 2.86. The summed E-state index contributed by atoms with van der Waals surface area (Å²) >= 11 is 0. The fourth-order valence-corrected chi connectivity index (χ4v) is 1.21. The number of aryl methyl sites for hydroxylation is 1. The second-order valence-corrected chi connectivity index (χ2v) is 3.15. The van der Waals surface area contributed by atoms with Crippen molar-refractivity contribution in [1.29, 1.82) is 0 Å². The van der Waals surface area contributed by atoms with Crippen molar-refractivity contribution in [3.63, 3.8) is 0 Å². The van der Waals surface area contributed by atoms with Gasteiger partial charge in [-0.2, -0.15) is 0 Å². The number of likely N-dealkylation sites (N-methyl/N-ethyl adjacent to an activating group) is 1. The van der Waals surface area contributed by atoms with E-state index in [-0.39, 0.29) is 5.91 Å². The smallest absolute Gasteiger partial charge is 0.255 e. The van der Waals surface area contributed by atoms with Gasteiger partial charge in [0.05, 0.1) is 5.56 Å². The molecule has 1 aromatic heterocycles. The van der Waals surface area contributed by atoms with Crippen molar-refractivity contribution in [2.45, 2.75) is 6.92 Å². The Morgan fingerprint density at radius 2 is 2.36 bits per heavy atom. The first-order valence-corrected chi connectivity index (χ1v) is 4.54. The predicted molar refractivity (Wildman–Crippen MR) is 55.0 cm³/mol. The number of nitrogens with two attached hydrogens (primary N) is 1. The standard InChI is InChI=1S/C10H15N3O/c1-8-9(4-3-6-12-8)10(14)13(2)7-5-11/h3-4,6H,5,7,11H2,1-2H3. The van der Waals surface area contributed by atoms with Crippen molar-refractivity contribution in [2.75, 3.05) is 20.1 Å². The molecular weight excluding hydrogens is 178 g/mol. The van der Waals surface area contributed by atoms with E-state index in [1.54, 1.807) is 30.3 Å². The summed E-state index contributed by atoms with van der Waals surface area (Å²) in [5, 5.41) is 0. The van der Waals surface area contributed by atoms with Crippen LogP contribution in [0.1, 0.15) is 16.1 Å². The Hall–Kier alpha value is -1.42. The van der Waals surface area contributed by atoms with Crippen molar-refractivity contribution < 1.29 is 4.79 Å². The van der Waals surface area contributed by atoms with Crippen LogP contribution in [0.5, 0.6) is 0 Å². The topological polar surface area (TPSA) is 59.2 Å². The van der Waals surface area contributed by atoms with E-state index in [1.165, 1.54) is 0 Å². The number of amides is 1. The highest BCUT2D eigenvalue weighted by Crippen LogP contribution is 2.06. The van der Waals surface area contributed by atoms with Gasteiger partial charge in [-0.3, -0.25) is 9.78 Å². The molecule has 0 bridgehead atoms. The summed E-state index contributed by atoms with van der Waals surface area (Å²) in [5.74, 6) is -0.0268. The third-order valence-electron chi connectivity index (χ3n) is 2.05. The van der Waals surface area contributed by atoms with Gasteiger partial charge in [0.15, 0.2) is 0 Å². The number of carbonyl (C=O) groups excluding carboxylic acids is 1. The molecule has 0 radical (unpaired) electrons. The molecule has 0 saturated heterocycles. The molecule has 0 atom stereocenters. The van der Waals surface area contributed by atoms with E-state index in [9.17, 15) is 4.79 Å². The monoisotopic (exact) mass is 193 g/mol. The Bertz CT molecular complexity index is 325. The molecule has 0 spiro atoms. The zero-order valence-electron chi connectivity index (χ0n) is 8.53. The van der Waals surface area contributed by atoms with Gasteiger partial charge in [0.2, 0.25) is 0 Å². The zero-order chi connectivity index (χ0) is 10.6. The number of nitrogens with zero attached hydrogens (tertiary/aromatic N) is 2. The van der Waals surface area contributed by atoms with Gasteiger partial charge in [-0.1, -0.05) is 0 Å². The minimum Gasteiger partial charge on any atom is -0.340 e. The number of hydrogen-bond acceptors (Lipinski definition) is 3. The lowest BCUT2D eigenvalue weighted by molar-refractivity contribution is 0.0798. The van der Waals surface area contributed by atoms with Crippen LogP contribution >= 0.6 is 0 Å². The molecule has 1 heterocycles. The molecule has 76 valence electrons. The molecule has 0 aliphatic carbocycles. The number of carbonyl (C=O) groups is 1. The zero-order valence-corrected chi connectivity index (χ0v) is 8.53. The quantitative estimate of drug-likeness (QED) is 0.757. The van der Waals surface area contributed by atoms with Gasteiger partial charge in [-0.25, -0.2) is 0 Å². The van der Waals surface area contributed by atoms with E-state index in [2.05, 4.69) is 4.98 Å². The van der Waals surface area contributed by atoms with E-state index in [0.717, 1.165) is 5.69 Å². The molecule has 0 fully saturated rings. The van der Waals surface area contributed by atoms with Crippen LogP contribution < -0.4 is 5.73 Å². The number of hydrogen-bond donors (Lipinski definition) is 1. The van der Waals surface area contributed by atoms with Crippen LogP contribution in [-0.2, 0) is 0 Å². The largest absolute Gasteiger partial charge is 0.340 e. The lowest BCUT2D eigenvalue weighted by Gasteiger charge is -2.16. The molecule has 0 aromatic carbocycles. The lowest BCUT2D eigenvalue weighted by atomic mass is 10.2. The molecule has 4 nitrogen and oxygen atoms in total. The minimum absolute atomic E-state index is 0.0268. The Morgan fingerprint density at radius 1 is 1.64 bits per heavy atom. The summed E-state index contributed by atoms with van der Waals surface area (Å²) in [4.78, 5) is 17.5. The number of aromatic nitrogens is 1. The fraction of sp³-hybridized carbons (Fsp3) is 0.400. The number of rotatable bonds is 3. The highest BCUT2D eigenvalue weighted by Gasteiger charge is 2.12. The molecule has 1 amide bonds. The Morgan fingerprint density at radius 3 is 2.93 bits per heavy atom. The summed E-state index contributed by atoms with van der Waals surface area (Å²) in [7, 11) is 1.74. The van der Waals surface area contributed by atoms with E-state index < -0.39 is 0 Å². The van der Waals surface area contributed by atoms with Gasteiger partial charge >= 0.3 is 0 Å². The first kappa shape index (κ1) is 10.7. The first-order valence-electron chi connectivity index (χ1n) is 4.54. The van der Waals surface area contributed by atoms with Gasteiger partial charge in [-0.15, -0.1) is 0 Å². The molecule has 1 rings (SSSR count). The summed E-state index contributed by atoms with van der Waals surface area (Å²) in [6.07, 6.45) is 1.68. The van der Waals surface area contributed by atoms with E-state index in [0.29, 0.717) is 18.7 Å². The van der Waals surface area contributed by atoms with Crippen molar-refractivity contribution >= 4 is 5.91 Å². The average molecular weight is 193 g/mol. The SMILES string of the molecule is Cc1ncccc1C(=O)N(C)CCN. The molecule has 0 aliphatic rings. The molecule has 1 aromatic rings. The minimum atomic E-state index is -0.0268. The van der Waals surface area contributed by atoms with Crippen molar-refractivity contribution in [1.82, 2.24) is 9.88 Å². The van der Waals surface area contributed by atoms with E-state index in [4.69, 9.17) is 5.73 Å². The van der Waals surface area contributed by atoms with Crippen LogP contribution in [0.3, 0.4) is 0 Å². The van der Waals surface area contributed by atoms with Crippen LogP contribution in [0.15, 0.2) is 18.3 Å². The van der Waals surface area contributed by atoms with Crippen LogP contribution in [0.4, 0.5) is 0 Å². The van der Waals surface area contributed by atoms with Crippen molar-refractivity contribution in [3.05, 3.63) is 29.6 Å². The van der Waals surface area contributed by atoms with Gasteiger partial charge in [0.1, 0.15) is 0 Å². The third-order valence-corrected chi connectivity index (χ3v) is 2.05. The summed E-state index contributed by atoms with van der Waals surface area (Å²) in [5.41, 5.74) is 6.77. The maximum absolute atomic E-state index is 11.8. The highest BCUT2D eigenvalue weighted by molar-refractivity contribution is 5.94. The van der Waals surface area contributed by atoms with Gasteiger partial charge in [0, 0.05) is 32.0 Å². The maximum atomic E-state index is 11.8. The van der Waals surface area contributed by atoms with E-state index >= 15 is 0 Å². The molecule has 0 aliphatic heterocycles. The Kier molecular flexibility index (Phi) is 3.59. The Balaban J connectivity index is 2.84. The molecule has 14 heavy (non-hydrogen) atoms.